The van der Waals surface area contributed by atoms with Gasteiger partial charge in [-0.15, -0.1) is 0 Å². The molecule has 0 amide bonds. The average molecular weight is 411 g/mol. The van der Waals surface area contributed by atoms with Crippen molar-refractivity contribution in [2.24, 2.45) is 7.05 Å². The molecule has 0 aliphatic heterocycles. The van der Waals surface area contributed by atoms with Gasteiger partial charge in [0.15, 0.2) is 5.52 Å². The fourth-order valence-corrected chi connectivity index (χ4v) is 3.63. The van der Waals surface area contributed by atoms with Crippen LogP contribution in [-0.2, 0) is 16.1 Å². The van der Waals surface area contributed by atoms with Crippen LogP contribution in [0, 0.1) is 0 Å². The molecule has 3 rings (SSSR count). The lowest BCUT2D eigenvalue weighted by Gasteiger charge is -2.11. The van der Waals surface area contributed by atoms with Gasteiger partial charge >= 0.3 is 0 Å². The highest BCUT2D eigenvalue weighted by Crippen LogP contribution is 2.32. The highest BCUT2D eigenvalue weighted by Gasteiger charge is 2.21. The van der Waals surface area contributed by atoms with Crippen molar-refractivity contribution in [1.29, 1.82) is 0 Å². The first kappa shape index (κ1) is 19.4. The molecule has 0 fully saturated rings. The maximum absolute atomic E-state index is 12.6. The number of hydrogen-bond acceptors (Lipinski definition) is 6. The molecular weight excluding hydrogens is 392 g/mol. The fraction of sp³-hybridized carbons (Fsp3) is 0.353. The first-order chi connectivity index (χ1) is 12.6. The molecule has 0 saturated carbocycles. The summed E-state index contributed by atoms with van der Waals surface area (Å²) in [5, 5.41) is 4.39. The summed E-state index contributed by atoms with van der Waals surface area (Å²) >= 11 is 0. The molecule has 2 heterocycles. The molecule has 0 atom stereocenters. The van der Waals surface area contributed by atoms with E-state index in [9.17, 15) is 13.2 Å². The average Bonchev–Trinajstić information content (AvgIpc) is 2.92. The van der Waals surface area contributed by atoms with Gasteiger partial charge in [-0.2, -0.15) is 5.10 Å². The van der Waals surface area contributed by atoms with Gasteiger partial charge in [0.1, 0.15) is 17.1 Å². The highest BCUT2D eigenvalue weighted by molar-refractivity contribution is 8.13. The number of fused-ring (bicyclic) bond motifs is 1. The molecule has 1 N–H and O–H groups in total. The molecule has 0 radical (unpaired) electrons. The first-order valence-corrected chi connectivity index (χ1v) is 10.6. The molecule has 0 unspecified atom stereocenters. The van der Waals surface area contributed by atoms with Crippen LogP contribution >= 0.6 is 10.7 Å². The Bertz CT molecular complexity index is 1180. The Balaban J connectivity index is 2.34. The minimum Gasteiger partial charge on any atom is -0.493 e. The fourth-order valence-electron chi connectivity index (χ4n) is 2.85. The Morgan fingerprint density at radius 2 is 2.04 bits per heavy atom. The van der Waals surface area contributed by atoms with Crippen molar-refractivity contribution in [3.05, 3.63) is 34.2 Å². The van der Waals surface area contributed by atoms with Crippen LogP contribution in [0.5, 0.6) is 5.75 Å². The number of hydrogen-bond donors (Lipinski definition) is 1. The van der Waals surface area contributed by atoms with Crippen LogP contribution in [0.2, 0.25) is 0 Å². The molecule has 1 aromatic carbocycles. The lowest BCUT2D eigenvalue weighted by molar-refractivity contribution is 0.341. The third-order valence-corrected chi connectivity index (χ3v) is 5.40. The number of aromatic nitrogens is 4. The van der Waals surface area contributed by atoms with E-state index in [2.05, 4.69) is 15.1 Å². The first-order valence-electron chi connectivity index (χ1n) is 8.32. The van der Waals surface area contributed by atoms with Crippen molar-refractivity contribution >= 4 is 30.8 Å². The molecule has 0 aliphatic rings. The number of halogens is 1. The zero-order valence-corrected chi connectivity index (χ0v) is 16.8. The summed E-state index contributed by atoms with van der Waals surface area (Å²) < 4.78 is 30.5. The Kier molecular flexibility index (Phi) is 5.00. The van der Waals surface area contributed by atoms with E-state index in [0.717, 1.165) is 0 Å². The van der Waals surface area contributed by atoms with Gasteiger partial charge in [-0.05, 0) is 31.0 Å². The Morgan fingerprint density at radius 1 is 1.33 bits per heavy atom. The molecule has 3 aromatic rings. The van der Waals surface area contributed by atoms with Crippen molar-refractivity contribution in [1.82, 2.24) is 19.7 Å². The van der Waals surface area contributed by atoms with Gasteiger partial charge in [0.05, 0.1) is 22.8 Å². The molecule has 8 nitrogen and oxygen atoms in total. The number of benzene rings is 1. The Hall–Kier alpha value is -2.39. The predicted octanol–water partition coefficient (Wildman–Crippen LogP) is 2.77. The van der Waals surface area contributed by atoms with Crippen LogP contribution < -0.4 is 10.3 Å². The second kappa shape index (κ2) is 6.97. The van der Waals surface area contributed by atoms with Crippen molar-refractivity contribution < 1.29 is 13.2 Å². The van der Waals surface area contributed by atoms with E-state index in [1.165, 1.54) is 22.9 Å². The van der Waals surface area contributed by atoms with E-state index in [-0.39, 0.29) is 22.2 Å². The summed E-state index contributed by atoms with van der Waals surface area (Å²) in [6.07, 6.45) is 0. The van der Waals surface area contributed by atoms with Crippen LogP contribution in [0.4, 0.5) is 0 Å². The standard InChI is InChI=1S/C17H19ClN4O4S/c1-5-26-12-7-6-10(27(18,24)25)8-11(12)16-19-14-13(9(2)3)21-22(4)15(14)17(23)20-16/h6-9H,5H2,1-4H3,(H,19,20,23). The van der Waals surface area contributed by atoms with Gasteiger partial charge in [0.25, 0.3) is 14.6 Å². The lowest BCUT2D eigenvalue weighted by atomic mass is 10.1. The number of nitrogens with zero attached hydrogens (tertiary/aromatic N) is 3. The normalized spacial score (nSPS) is 12.1. The molecule has 0 bridgehead atoms. The summed E-state index contributed by atoms with van der Waals surface area (Å²) in [5.41, 5.74) is 1.45. The van der Waals surface area contributed by atoms with Crippen molar-refractivity contribution in [2.45, 2.75) is 31.6 Å². The van der Waals surface area contributed by atoms with Gasteiger partial charge in [-0.1, -0.05) is 13.8 Å². The minimum absolute atomic E-state index is 0.0526. The van der Waals surface area contributed by atoms with Gasteiger partial charge in [-0.3, -0.25) is 9.48 Å². The Morgan fingerprint density at radius 3 is 2.63 bits per heavy atom. The third kappa shape index (κ3) is 3.57. The second-order valence-corrected chi connectivity index (χ2v) is 8.87. The topological polar surface area (TPSA) is 107 Å². The molecule has 2 aromatic heterocycles. The predicted molar refractivity (Wildman–Crippen MR) is 103 cm³/mol. The largest absolute Gasteiger partial charge is 0.493 e. The maximum atomic E-state index is 12.6. The zero-order valence-electron chi connectivity index (χ0n) is 15.3. The van der Waals surface area contributed by atoms with Crippen LogP contribution in [0.25, 0.3) is 22.4 Å². The molecular formula is C17H19ClN4O4S. The van der Waals surface area contributed by atoms with Gasteiger partial charge in [-0.25, -0.2) is 13.4 Å². The number of rotatable bonds is 5. The smallest absolute Gasteiger partial charge is 0.277 e. The van der Waals surface area contributed by atoms with Gasteiger partial charge in [0, 0.05) is 17.7 Å². The summed E-state index contributed by atoms with van der Waals surface area (Å²) in [5.74, 6) is 0.629. The van der Waals surface area contributed by atoms with Crippen LogP contribution in [0.15, 0.2) is 27.9 Å². The van der Waals surface area contributed by atoms with E-state index in [1.54, 1.807) is 14.0 Å². The summed E-state index contributed by atoms with van der Waals surface area (Å²) in [7, 11) is 3.19. The summed E-state index contributed by atoms with van der Waals surface area (Å²) in [6, 6.07) is 4.17. The van der Waals surface area contributed by atoms with E-state index < -0.39 is 9.05 Å². The van der Waals surface area contributed by atoms with Crippen molar-refractivity contribution in [2.75, 3.05) is 6.61 Å². The van der Waals surface area contributed by atoms with Crippen molar-refractivity contribution in [3.8, 4) is 17.1 Å². The molecule has 144 valence electrons. The molecule has 0 spiro atoms. The molecule has 27 heavy (non-hydrogen) atoms. The summed E-state index contributed by atoms with van der Waals surface area (Å²) in [4.78, 5) is 19.8. The van der Waals surface area contributed by atoms with Crippen LogP contribution in [0.3, 0.4) is 0 Å². The quantitative estimate of drug-likeness (QED) is 0.648. The van der Waals surface area contributed by atoms with Gasteiger partial charge < -0.3 is 9.72 Å². The van der Waals surface area contributed by atoms with E-state index in [4.69, 9.17) is 15.4 Å². The highest BCUT2D eigenvalue weighted by atomic mass is 35.7. The van der Waals surface area contributed by atoms with E-state index in [1.807, 2.05) is 13.8 Å². The Labute approximate surface area is 160 Å². The van der Waals surface area contributed by atoms with E-state index >= 15 is 0 Å². The zero-order chi connectivity index (χ0) is 19.9. The minimum atomic E-state index is -3.95. The number of aryl methyl sites for hydroxylation is 1. The monoisotopic (exact) mass is 410 g/mol. The second-order valence-electron chi connectivity index (χ2n) is 6.30. The number of nitrogens with one attached hydrogen (secondary N) is 1. The van der Waals surface area contributed by atoms with Crippen LogP contribution in [0.1, 0.15) is 32.4 Å². The maximum Gasteiger partial charge on any atom is 0.277 e. The molecule has 0 aliphatic carbocycles. The SMILES string of the molecule is CCOc1ccc(S(=O)(=O)Cl)cc1-c1nc2c(C(C)C)nn(C)c2c(=O)[nH]1. The van der Waals surface area contributed by atoms with Crippen molar-refractivity contribution in [3.63, 3.8) is 0 Å². The third-order valence-electron chi connectivity index (χ3n) is 4.05. The number of H-pyrrole nitrogens is 1. The number of ether oxygens (including phenoxy) is 1. The summed E-state index contributed by atoms with van der Waals surface area (Å²) in [6.45, 7) is 6.07. The lowest BCUT2D eigenvalue weighted by Crippen LogP contribution is -2.13. The van der Waals surface area contributed by atoms with E-state index in [0.29, 0.717) is 34.6 Å². The van der Waals surface area contributed by atoms with Crippen LogP contribution in [-0.4, -0.2) is 34.8 Å². The molecule has 0 saturated heterocycles. The molecule has 10 heteroatoms. The number of aromatic amines is 1. The van der Waals surface area contributed by atoms with Gasteiger partial charge in [0.2, 0.25) is 0 Å².